The van der Waals surface area contributed by atoms with Crippen LogP contribution in [0.5, 0.6) is 0 Å². The summed E-state index contributed by atoms with van der Waals surface area (Å²) in [4.78, 5) is 26.6. The predicted molar refractivity (Wildman–Crippen MR) is 113 cm³/mol. The van der Waals surface area contributed by atoms with Crippen molar-refractivity contribution >= 4 is 23.6 Å². The van der Waals surface area contributed by atoms with E-state index in [-0.39, 0.29) is 11.9 Å². The zero-order valence-corrected chi connectivity index (χ0v) is 16.8. The van der Waals surface area contributed by atoms with Crippen molar-refractivity contribution in [2.75, 3.05) is 51.7 Å². The first-order valence-electron chi connectivity index (χ1n) is 10.0. The van der Waals surface area contributed by atoms with Gasteiger partial charge in [0.05, 0.1) is 19.2 Å². The standard InChI is InChI=1S/C23H27N3O3/c1-29-23(28)20-9-11-21(12-10-20)24-22(27)18-26-16-14-25(15-17-26)13-5-8-19-6-3-2-4-7-19/h2-12H,13-18H2,1H3,(H,24,27)/p+2/b8-5+. The topological polar surface area (TPSA) is 64.3 Å². The Hall–Kier alpha value is -2.96. The number of benzene rings is 2. The van der Waals surface area contributed by atoms with Gasteiger partial charge in [-0.25, -0.2) is 4.79 Å². The smallest absolute Gasteiger partial charge is 0.337 e. The van der Waals surface area contributed by atoms with Crippen LogP contribution in [0.3, 0.4) is 0 Å². The van der Waals surface area contributed by atoms with Crippen LogP contribution in [0.2, 0.25) is 0 Å². The SMILES string of the molecule is COC(=O)c1ccc(NC(=O)C[NH+]2CC[NH+](C/C=C/c3ccccc3)CC2)cc1. The molecule has 1 fully saturated rings. The minimum Gasteiger partial charge on any atom is -0.465 e. The first-order valence-corrected chi connectivity index (χ1v) is 10.0. The number of quaternary nitrogens is 2. The lowest BCUT2D eigenvalue weighted by molar-refractivity contribution is -1.01. The lowest BCUT2D eigenvalue weighted by atomic mass is 10.2. The van der Waals surface area contributed by atoms with Gasteiger partial charge in [-0.2, -0.15) is 0 Å². The molecule has 0 unspecified atom stereocenters. The molecule has 29 heavy (non-hydrogen) atoms. The number of nitrogens with one attached hydrogen (secondary N) is 3. The maximum absolute atomic E-state index is 12.3. The van der Waals surface area contributed by atoms with Gasteiger partial charge in [0.15, 0.2) is 6.54 Å². The van der Waals surface area contributed by atoms with Crippen LogP contribution in [-0.2, 0) is 9.53 Å². The third kappa shape index (κ3) is 6.55. The van der Waals surface area contributed by atoms with Crippen LogP contribution in [-0.4, -0.2) is 58.3 Å². The Balaban J connectivity index is 1.38. The van der Waals surface area contributed by atoms with E-state index in [1.54, 1.807) is 29.2 Å². The van der Waals surface area contributed by atoms with Crippen molar-refractivity contribution in [1.82, 2.24) is 0 Å². The molecule has 1 heterocycles. The van der Waals surface area contributed by atoms with Gasteiger partial charge >= 0.3 is 5.97 Å². The number of carbonyl (C=O) groups excluding carboxylic acids is 2. The quantitative estimate of drug-likeness (QED) is 0.574. The summed E-state index contributed by atoms with van der Waals surface area (Å²) in [6.07, 6.45) is 4.41. The fraction of sp³-hybridized carbons (Fsp3) is 0.304. The summed E-state index contributed by atoms with van der Waals surface area (Å²) in [7, 11) is 1.35. The highest BCUT2D eigenvalue weighted by Gasteiger charge is 2.24. The number of rotatable bonds is 7. The number of carbonyl (C=O) groups is 2. The van der Waals surface area contributed by atoms with Crippen molar-refractivity contribution in [3.63, 3.8) is 0 Å². The Kier molecular flexibility index (Phi) is 7.55. The van der Waals surface area contributed by atoms with E-state index in [0.29, 0.717) is 17.8 Å². The van der Waals surface area contributed by atoms with Crippen LogP contribution in [0.25, 0.3) is 6.08 Å². The molecule has 1 aliphatic heterocycles. The van der Waals surface area contributed by atoms with E-state index < -0.39 is 0 Å². The van der Waals surface area contributed by atoms with Crippen LogP contribution < -0.4 is 15.1 Å². The Morgan fingerprint density at radius 2 is 1.62 bits per heavy atom. The summed E-state index contributed by atoms with van der Waals surface area (Å²) < 4.78 is 4.68. The number of esters is 1. The maximum Gasteiger partial charge on any atom is 0.337 e. The average Bonchev–Trinajstić information content (AvgIpc) is 2.75. The van der Waals surface area contributed by atoms with Gasteiger partial charge < -0.3 is 19.9 Å². The van der Waals surface area contributed by atoms with Gasteiger partial charge in [0.1, 0.15) is 26.2 Å². The minimum atomic E-state index is -0.383. The van der Waals surface area contributed by atoms with E-state index >= 15 is 0 Å². The second-order valence-electron chi connectivity index (χ2n) is 7.31. The lowest BCUT2D eigenvalue weighted by Crippen LogP contribution is -3.28. The van der Waals surface area contributed by atoms with Gasteiger partial charge in [0.25, 0.3) is 5.91 Å². The molecule has 2 aromatic carbocycles. The van der Waals surface area contributed by atoms with Crippen LogP contribution in [0.4, 0.5) is 5.69 Å². The van der Waals surface area contributed by atoms with E-state index in [1.807, 2.05) is 18.2 Å². The summed E-state index contributed by atoms with van der Waals surface area (Å²) in [5.41, 5.74) is 2.39. The number of piperazine rings is 1. The van der Waals surface area contributed by atoms with Crippen LogP contribution >= 0.6 is 0 Å². The predicted octanol–water partition coefficient (Wildman–Crippen LogP) is -0.0915. The normalized spacial score (nSPS) is 19.1. The highest BCUT2D eigenvalue weighted by molar-refractivity contribution is 5.93. The molecule has 0 saturated carbocycles. The van der Waals surface area contributed by atoms with E-state index in [1.165, 1.54) is 17.6 Å². The van der Waals surface area contributed by atoms with Crippen LogP contribution in [0, 0.1) is 0 Å². The monoisotopic (exact) mass is 395 g/mol. The Morgan fingerprint density at radius 3 is 2.28 bits per heavy atom. The van der Waals surface area contributed by atoms with Gasteiger partial charge in [0, 0.05) is 5.69 Å². The molecule has 1 saturated heterocycles. The van der Waals surface area contributed by atoms with Gasteiger partial charge in [-0.05, 0) is 35.9 Å². The van der Waals surface area contributed by atoms with E-state index in [0.717, 1.165) is 32.7 Å². The van der Waals surface area contributed by atoms with Crippen LogP contribution in [0.1, 0.15) is 15.9 Å². The molecule has 6 heteroatoms. The maximum atomic E-state index is 12.3. The molecule has 3 rings (SSSR count). The molecule has 0 aromatic heterocycles. The molecular weight excluding hydrogens is 366 g/mol. The highest BCUT2D eigenvalue weighted by atomic mass is 16.5. The Bertz CT molecular complexity index is 826. The number of ether oxygens (including phenoxy) is 1. The number of anilines is 1. The third-order valence-corrected chi connectivity index (χ3v) is 5.18. The second kappa shape index (κ2) is 10.5. The highest BCUT2D eigenvalue weighted by Crippen LogP contribution is 2.10. The number of hydrogen-bond acceptors (Lipinski definition) is 3. The number of amides is 1. The summed E-state index contributed by atoms with van der Waals surface area (Å²) in [6, 6.07) is 17.1. The average molecular weight is 396 g/mol. The van der Waals surface area contributed by atoms with E-state index in [2.05, 4.69) is 34.3 Å². The fourth-order valence-electron chi connectivity index (χ4n) is 3.50. The van der Waals surface area contributed by atoms with Gasteiger partial charge in [-0.3, -0.25) is 4.79 Å². The lowest BCUT2D eigenvalue weighted by Gasteiger charge is -2.28. The molecule has 0 aliphatic carbocycles. The summed E-state index contributed by atoms with van der Waals surface area (Å²) in [5.74, 6) is -0.385. The van der Waals surface area contributed by atoms with Crippen LogP contribution in [0.15, 0.2) is 60.7 Å². The van der Waals surface area contributed by atoms with Crippen molar-refractivity contribution in [3.05, 3.63) is 71.8 Å². The Labute approximate surface area is 171 Å². The van der Waals surface area contributed by atoms with E-state index in [9.17, 15) is 9.59 Å². The van der Waals surface area contributed by atoms with E-state index in [4.69, 9.17) is 0 Å². The molecule has 3 N–H and O–H groups in total. The molecule has 0 bridgehead atoms. The van der Waals surface area contributed by atoms with Crippen molar-refractivity contribution in [2.24, 2.45) is 0 Å². The third-order valence-electron chi connectivity index (χ3n) is 5.18. The minimum absolute atomic E-state index is 0.00163. The molecule has 0 radical (unpaired) electrons. The zero-order valence-electron chi connectivity index (χ0n) is 16.8. The van der Waals surface area contributed by atoms with Crippen molar-refractivity contribution in [3.8, 4) is 0 Å². The molecule has 6 nitrogen and oxygen atoms in total. The number of hydrogen-bond donors (Lipinski definition) is 3. The molecule has 0 spiro atoms. The summed E-state index contributed by atoms with van der Waals surface area (Å²) in [5, 5.41) is 2.91. The number of methoxy groups -OCH3 is 1. The fourth-order valence-corrected chi connectivity index (χ4v) is 3.50. The molecule has 1 aliphatic rings. The van der Waals surface area contributed by atoms with Crippen molar-refractivity contribution in [1.29, 1.82) is 0 Å². The van der Waals surface area contributed by atoms with Crippen molar-refractivity contribution in [2.45, 2.75) is 0 Å². The van der Waals surface area contributed by atoms with Gasteiger partial charge in [-0.15, -0.1) is 0 Å². The largest absolute Gasteiger partial charge is 0.465 e. The molecule has 1 amide bonds. The Morgan fingerprint density at radius 1 is 0.966 bits per heavy atom. The first kappa shape index (κ1) is 20.8. The molecule has 152 valence electrons. The zero-order chi connectivity index (χ0) is 20.5. The molecular formula is C23H29N3O3+2. The van der Waals surface area contributed by atoms with Crippen molar-refractivity contribution < 1.29 is 24.1 Å². The summed E-state index contributed by atoms with van der Waals surface area (Å²) >= 11 is 0. The van der Waals surface area contributed by atoms with Gasteiger partial charge in [0.2, 0.25) is 0 Å². The summed E-state index contributed by atoms with van der Waals surface area (Å²) in [6.45, 7) is 5.59. The molecule has 2 aromatic rings. The van der Waals surface area contributed by atoms with Gasteiger partial charge in [-0.1, -0.05) is 36.4 Å². The second-order valence-corrected chi connectivity index (χ2v) is 7.31. The first-order chi connectivity index (χ1) is 14.1. The molecule has 0 atom stereocenters.